The number of carbonyl (C=O) groups excluding carboxylic acids is 3. The van der Waals surface area contributed by atoms with Crippen LogP contribution in [-0.4, -0.2) is 30.9 Å². The van der Waals surface area contributed by atoms with Crippen LogP contribution < -0.4 is 10.6 Å². The summed E-state index contributed by atoms with van der Waals surface area (Å²) in [7, 11) is 0. The molecular weight excluding hydrogens is 380 g/mol. The first-order valence-electron chi connectivity index (χ1n) is 9.06. The van der Waals surface area contributed by atoms with Crippen LogP contribution in [0.15, 0.2) is 48.5 Å². The summed E-state index contributed by atoms with van der Waals surface area (Å²) in [6.07, 6.45) is 1.45. The second-order valence-electron chi connectivity index (χ2n) is 6.13. The lowest BCUT2D eigenvalue weighted by Crippen LogP contribution is -2.25. The van der Waals surface area contributed by atoms with Gasteiger partial charge in [0.2, 0.25) is 0 Å². The zero-order valence-electron chi connectivity index (χ0n) is 15.7. The number of ether oxygens (including phenoxy) is 1. The van der Waals surface area contributed by atoms with Crippen molar-refractivity contribution in [3.8, 4) is 0 Å². The highest BCUT2D eigenvalue weighted by Crippen LogP contribution is 2.10. The predicted octanol–water partition coefficient (Wildman–Crippen LogP) is 3.59. The zero-order valence-corrected chi connectivity index (χ0v) is 16.4. The molecule has 0 spiro atoms. The molecule has 2 amide bonds. The van der Waals surface area contributed by atoms with Crippen LogP contribution in [0.3, 0.4) is 0 Å². The largest absolute Gasteiger partial charge is 0.456 e. The molecule has 7 heteroatoms. The van der Waals surface area contributed by atoms with Crippen LogP contribution in [0.25, 0.3) is 0 Å². The number of benzene rings is 2. The van der Waals surface area contributed by atoms with E-state index < -0.39 is 11.9 Å². The summed E-state index contributed by atoms with van der Waals surface area (Å²) in [6, 6.07) is 14.0. The molecule has 0 aromatic heterocycles. The first kappa shape index (κ1) is 21.4. The Hall–Kier alpha value is -2.86. The standard InChI is InChI=1S/C21H23ClN2O4/c1-2-15-5-11-18(12-6-15)24-19(25)14-28-20(26)4-3-13-23-21(27)16-7-9-17(22)10-8-16/h5-12H,2-4,13-14H2,1H3,(H,23,27)(H,24,25). The van der Waals surface area contributed by atoms with E-state index in [-0.39, 0.29) is 18.9 Å². The molecule has 148 valence electrons. The molecule has 0 aliphatic carbocycles. The second-order valence-corrected chi connectivity index (χ2v) is 6.56. The molecule has 2 rings (SSSR count). The van der Waals surface area contributed by atoms with Crippen LogP contribution in [0.1, 0.15) is 35.7 Å². The Labute approximate surface area is 169 Å². The van der Waals surface area contributed by atoms with Crippen molar-refractivity contribution in [2.24, 2.45) is 0 Å². The minimum atomic E-state index is -0.489. The van der Waals surface area contributed by atoms with Gasteiger partial charge in [-0.3, -0.25) is 14.4 Å². The molecule has 0 saturated carbocycles. The van der Waals surface area contributed by atoms with Crippen molar-refractivity contribution >= 4 is 35.1 Å². The van der Waals surface area contributed by atoms with E-state index in [0.717, 1.165) is 6.42 Å². The number of amides is 2. The highest BCUT2D eigenvalue weighted by atomic mass is 35.5. The minimum absolute atomic E-state index is 0.110. The van der Waals surface area contributed by atoms with Crippen molar-refractivity contribution in [2.45, 2.75) is 26.2 Å². The lowest BCUT2D eigenvalue weighted by atomic mass is 10.1. The quantitative estimate of drug-likeness (QED) is 0.495. The van der Waals surface area contributed by atoms with E-state index in [9.17, 15) is 14.4 Å². The molecule has 0 heterocycles. The van der Waals surface area contributed by atoms with Crippen LogP contribution in [0.4, 0.5) is 5.69 Å². The predicted molar refractivity (Wildman–Crippen MR) is 108 cm³/mol. The Morgan fingerprint density at radius 2 is 1.68 bits per heavy atom. The van der Waals surface area contributed by atoms with Gasteiger partial charge < -0.3 is 15.4 Å². The number of anilines is 1. The van der Waals surface area contributed by atoms with Crippen LogP contribution >= 0.6 is 11.6 Å². The van der Waals surface area contributed by atoms with Gasteiger partial charge in [0.1, 0.15) is 0 Å². The minimum Gasteiger partial charge on any atom is -0.456 e. The highest BCUT2D eigenvalue weighted by Gasteiger charge is 2.09. The summed E-state index contributed by atoms with van der Waals surface area (Å²) in [5.41, 5.74) is 2.33. The van der Waals surface area contributed by atoms with Gasteiger partial charge in [-0.05, 0) is 54.8 Å². The first-order valence-corrected chi connectivity index (χ1v) is 9.44. The van der Waals surface area contributed by atoms with Crippen molar-refractivity contribution in [3.05, 3.63) is 64.7 Å². The van der Waals surface area contributed by atoms with Crippen LogP contribution in [0, 0.1) is 0 Å². The van der Waals surface area contributed by atoms with Crippen molar-refractivity contribution in [3.63, 3.8) is 0 Å². The summed E-state index contributed by atoms with van der Waals surface area (Å²) < 4.78 is 4.95. The Balaban J connectivity index is 1.60. The first-order chi connectivity index (χ1) is 13.5. The maximum absolute atomic E-state index is 11.9. The van der Waals surface area contributed by atoms with E-state index in [0.29, 0.717) is 29.2 Å². The third kappa shape index (κ3) is 7.40. The SMILES string of the molecule is CCc1ccc(NC(=O)COC(=O)CCCNC(=O)c2ccc(Cl)cc2)cc1. The van der Waals surface area contributed by atoms with E-state index in [1.165, 1.54) is 5.56 Å². The fourth-order valence-electron chi connectivity index (χ4n) is 2.38. The fraction of sp³-hybridized carbons (Fsp3) is 0.286. The van der Waals surface area contributed by atoms with Crippen molar-refractivity contribution in [1.29, 1.82) is 0 Å². The number of halogens is 1. The van der Waals surface area contributed by atoms with Gasteiger partial charge in [0.25, 0.3) is 11.8 Å². The Morgan fingerprint density at radius 3 is 2.32 bits per heavy atom. The Morgan fingerprint density at radius 1 is 1.00 bits per heavy atom. The van der Waals surface area contributed by atoms with E-state index >= 15 is 0 Å². The number of hydrogen-bond donors (Lipinski definition) is 2. The third-order valence-electron chi connectivity index (χ3n) is 3.96. The number of esters is 1. The average Bonchev–Trinajstić information content (AvgIpc) is 2.70. The third-order valence-corrected chi connectivity index (χ3v) is 4.21. The molecule has 0 fully saturated rings. The topological polar surface area (TPSA) is 84.5 Å². The van der Waals surface area contributed by atoms with E-state index in [2.05, 4.69) is 17.6 Å². The molecule has 2 N–H and O–H groups in total. The Bertz CT molecular complexity index is 804. The van der Waals surface area contributed by atoms with Crippen molar-refractivity contribution in [2.75, 3.05) is 18.5 Å². The molecule has 0 aliphatic heterocycles. The molecule has 2 aromatic carbocycles. The van der Waals surface area contributed by atoms with Crippen molar-refractivity contribution < 1.29 is 19.1 Å². The van der Waals surface area contributed by atoms with Gasteiger partial charge in [-0.25, -0.2) is 0 Å². The summed E-state index contributed by atoms with van der Waals surface area (Å²) >= 11 is 5.78. The number of rotatable bonds is 9. The lowest BCUT2D eigenvalue weighted by molar-refractivity contribution is -0.147. The highest BCUT2D eigenvalue weighted by molar-refractivity contribution is 6.30. The molecule has 0 unspecified atom stereocenters. The van der Waals surface area contributed by atoms with E-state index in [1.807, 2.05) is 24.3 Å². The molecule has 0 aliphatic rings. The van der Waals surface area contributed by atoms with Gasteiger partial charge in [-0.2, -0.15) is 0 Å². The van der Waals surface area contributed by atoms with Gasteiger partial charge in [-0.1, -0.05) is 30.7 Å². The molecule has 6 nitrogen and oxygen atoms in total. The number of aryl methyl sites for hydroxylation is 1. The van der Waals surface area contributed by atoms with Crippen LogP contribution in [-0.2, 0) is 20.7 Å². The molecule has 0 radical (unpaired) electrons. The number of hydrogen-bond acceptors (Lipinski definition) is 4. The molecule has 0 saturated heterocycles. The van der Waals surface area contributed by atoms with Crippen LogP contribution in [0.5, 0.6) is 0 Å². The Kier molecular flexibility index (Phi) is 8.49. The molecule has 0 atom stereocenters. The van der Waals surface area contributed by atoms with Gasteiger partial charge in [0, 0.05) is 29.2 Å². The van der Waals surface area contributed by atoms with Gasteiger partial charge in [0.05, 0.1) is 0 Å². The monoisotopic (exact) mass is 402 g/mol. The number of carbonyl (C=O) groups is 3. The van der Waals surface area contributed by atoms with E-state index in [4.69, 9.17) is 16.3 Å². The normalized spacial score (nSPS) is 10.2. The maximum Gasteiger partial charge on any atom is 0.306 e. The zero-order chi connectivity index (χ0) is 20.4. The molecule has 0 bridgehead atoms. The molecular formula is C21H23ClN2O4. The number of nitrogens with one attached hydrogen (secondary N) is 2. The molecule has 2 aromatic rings. The van der Waals surface area contributed by atoms with E-state index in [1.54, 1.807) is 24.3 Å². The van der Waals surface area contributed by atoms with Gasteiger partial charge >= 0.3 is 5.97 Å². The summed E-state index contributed by atoms with van der Waals surface area (Å²) in [6.45, 7) is 2.04. The van der Waals surface area contributed by atoms with Gasteiger partial charge in [-0.15, -0.1) is 0 Å². The summed E-state index contributed by atoms with van der Waals surface area (Å²) in [4.78, 5) is 35.4. The second kappa shape index (κ2) is 11.1. The van der Waals surface area contributed by atoms with Gasteiger partial charge in [0.15, 0.2) is 6.61 Å². The lowest BCUT2D eigenvalue weighted by Gasteiger charge is -2.08. The fourth-order valence-corrected chi connectivity index (χ4v) is 2.50. The maximum atomic E-state index is 11.9. The average molecular weight is 403 g/mol. The summed E-state index contributed by atoms with van der Waals surface area (Å²) in [5, 5.41) is 5.94. The van der Waals surface area contributed by atoms with Crippen molar-refractivity contribution in [1.82, 2.24) is 5.32 Å². The smallest absolute Gasteiger partial charge is 0.306 e. The molecule has 28 heavy (non-hydrogen) atoms. The van der Waals surface area contributed by atoms with Crippen LogP contribution in [0.2, 0.25) is 5.02 Å². The summed E-state index contributed by atoms with van der Waals surface area (Å²) in [5.74, 6) is -1.12.